The molecular formula is C20H12N4O6. The molecule has 2 aromatic carbocycles. The van der Waals surface area contributed by atoms with Crippen LogP contribution in [0.1, 0.15) is 36.6 Å². The van der Waals surface area contributed by atoms with Crippen LogP contribution < -0.4 is 16.6 Å². The number of hydrogen-bond donors (Lipinski definition) is 2. The van der Waals surface area contributed by atoms with Gasteiger partial charge < -0.3 is 5.73 Å². The minimum absolute atomic E-state index is 0.0392. The number of imide groups is 1. The largest absolute Gasteiger partial charge is 0.384 e. The first-order valence-corrected chi connectivity index (χ1v) is 8.59. The van der Waals surface area contributed by atoms with E-state index in [4.69, 9.17) is 5.73 Å². The minimum atomic E-state index is -0.832. The van der Waals surface area contributed by atoms with Crippen LogP contribution in [0.5, 0.6) is 0 Å². The number of nitrogens with two attached hydrogens (primary N) is 1. The Morgan fingerprint density at radius 2 is 1.67 bits per heavy atom. The third-order valence-corrected chi connectivity index (χ3v) is 4.66. The summed E-state index contributed by atoms with van der Waals surface area (Å²) in [6.07, 6.45) is 0. The fourth-order valence-corrected chi connectivity index (χ4v) is 3.28. The van der Waals surface area contributed by atoms with Gasteiger partial charge in [0.1, 0.15) is 11.5 Å². The van der Waals surface area contributed by atoms with E-state index in [1.807, 2.05) is 5.32 Å². The van der Waals surface area contributed by atoms with E-state index in [9.17, 15) is 29.3 Å². The molecule has 1 aliphatic rings. The molecule has 0 bridgehead atoms. The summed E-state index contributed by atoms with van der Waals surface area (Å²) < 4.78 is 0.770. The summed E-state index contributed by atoms with van der Waals surface area (Å²) in [6.45, 7) is 0. The van der Waals surface area contributed by atoms with Crippen LogP contribution in [-0.4, -0.2) is 27.1 Å². The molecule has 3 aromatic rings. The number of nitro groups is 1. The maximum Gasteiger partial charge on any atom is 0.294 e. The number of fused-ring (bicyclic) bond motifs is 1. The second kappa shape index (κ2) is 6.78. The number of rotatable bonds is 4. The Kier molecular flexibility index (Phi) is 4.24. The number of nitro benzene ring substituents is 1. The van der Waals surface area contributed by atoms with Gasteiger partial charge >= 0.3 is 0 Å². The number of anilines is 1. The van der Waals surface area contributed by atoms with Crippen molar-refractivity contribution in [2.75, 3.05) is 5.73 Å². The average molecular weight is 404 g/mol. The van der Waals surface area contributed by atoms with Crippen molar-refractivity contribution in [3.8, 4) is 5.69 Å². The molecule has 10 nitrogen and oxygen atoms in total. The van der Waals surface area contributed by atoms with Gasteiger partial charge in [-0.15, -0.1) is 0 Å². The van der Waals surface area contributed by atoms with E-state index in [1.165, 1.54) is 12.1 Å². The molecule has 0 radical (unpaired) electrons. The van der Waals surface area contributed by atoms with Gasteiger partial charge in [-0.2, -0.15) is 0 Å². The highest BCUT2D eigenvalue weighted by molar-refractivity contribution is 6.23. The maximum absolute atomic E-state index is 12.6. The van der Waals surface area contributed by atoms with E-state index in [-0.39, 0.29) is 22.4 Å². The number of nitrogens with zero attached hydrogens (tertiary/aromatic N) is 2. The van der Waals surface area contributed by atoms with Gasteiger partial charge in [0.15, 0.2) is 5.78 Å². The Labute approximate surface area is 167 Å². The minimum Gasteiger partial charge on any atom is -0.384 e. The van der Waals surface area contributed by atoms with Gasteiger partial charge in [-0.1, -0.05) is 30.3 Å². The van der Waals surface area contributed by atoms with Gasteiger partial charge in [-0.05, 0) is 12.1 Å². The van der Waals surface area contributed by atoms with Gasteiger partial charge in [-0.3, -0.25) is 39.2 Å². The van der Waals surface area contributed by atoms with Gasteiger partial charge in [0, 0.05) is 23.3 Å². The number of aromatic nitrogens is 1. The van der Waals surface area contributed by atoms with Crippen molar-refractivity contribution in [1.82, 2.24) is 9.88 Å². The lowest BCUT2D eigenvalue weighted by Gasteiger charge is -2.13. The number of carbonyl (C=O) groups excluding carboxylic acids is 3. The predicted octanol–water partition coefficient (Wildman–Crippen LogP) is 1.44. The van der Waals surface area contributed by atoms with Gasteiger partial charge in [-0.25, -0.2) is 0 Å². The summed E-state index contributed by atoms with van der Waals surface area (Å²) in [5.41, 5.74) is 4.25. The molecule has 0 saturated heterocycles. The second-order valence-corrected chi connectivity index (χ2v) is 6.43. The molecule has 148 valence electrons. The monoisotopic (exact) mass is 404 g/mol. The summed E-state index contributed by atoms with van der Waals surface area (Å²) in [5.74, 6) is -2.43. The highest BCUT2D eigenvalue weighted by atomic mass is 16.6. The summed E-state index contributed by atoms with van der Waals surface area (Å²) in [7, 11) is 0. The lowest BCUT2D eigenvalue weighted by Crippen LogP contribution is -2.24. The highest BCUT2D eigenvalue weighted by Crippen LogP contribution is 2.29. The normalized spacial score (nSPS) is 12.4. The Bertz CT molecular complexity index is 1330. The van der Waals surface area contributed by atoms with E-state index < -0.39 is 39.6 Å². The fraction of sp³-hybridized carbons (Fsp3) is 0. The van der Waals surface area contributed by atoms with Crippen LogP contribution in [0.15, 0.2) is 59.4 Å². The Morgan fingerprint density at radius 3 is 2.33 bits per heavy atom. The molecule has 0 unspecified atom stereocenters. The zero-order valence-electron chi connectivity index (χ0n) is 15.1. The van der Waals surface area contributed by atoms with Crippen LogP contribution in [0.2, 0.25) is 0 Å². The lowest BCUT2D eigenvalue weighted by molar-refractivity contribution is -0.384. The van der Waals surface area contributed by atoms with Crippen molar-refractivity contribution in [3.63, 3.8) is 0 Å². The average Bonchev–Trinajstić information content (AvgIpc) is 3.01. The zero-order chi connectivity index (χ0) is 21.6. The first-order chi connectivity index (χ1) is 14.3. The number of ketones is 1. The highest BCUT2D eigenvalue weighted by Gasteiger charge is 2.33. The van der Waals surface area contributed by atoms with E-state index in [0.29, 0.717) is 5.56 Å². The summed E-state index contributed by atoms with van der Waals surface area (Å²) in [6, 6.07) is 12.6. The number of benzene rings is 2. The third kappa shape index (κ3) is 2.83. The first kappa shape index (κ1) is 18.7. The second-order valence-electron chi connectivity index (χ2n) is 6.43. The molecule has 4 rings (SSSR count). The molecular weight excluding hydrogens is 392 g/mol. The number of amides is 2. The van der Waals surface area contributed by atoms with Crippen molar-refractivity contribution in [2.24, 2.45) is 0 Å². The molecule has 0 fully saturated rings. The van der Waals surface area contributed by atoms with Gasteiger partial charge in [0.25, 0.3) is 23.1 Å². The van der Waals surface area contributed by atoms with Crippen LogP contribution >= 0.6 is 0 Å². The third-order valence-electron chi connectivity index (χ3n) is 4.66. The molecule has 1 aliphatic heterocycles. The first-order valence-electron chi connectivity index (χ1n) is 8.59. The summed E-state index contributed by atoms with van der Waals surface area (Å²) in [5, 5.41) is 13.7. The topological polar surface area (TPSA) is 154 Å². The van der Waals surface area contributed by atoms with Crippen LogP contribution in [0.25, 0.3) is 5.69 Å². The summed E-state index contributed by atoms with van der Waals surface area (Å²) >= 11 is 0. The maximum atomic E-state index is 12.6. The molecule has 1 aromatic heterocycles. The number of nitrogens with one attached hydrogen (secondary N) is 1. The standard InChI is InChI=1S/C20H12N4O6/c21-18-16-12(19(27)22-20(16)28)9-15(25)23(18)13-7-6-11(8-14(13)24(29)30)17(26)10-4-2-1-3-5-10/h1-9H,21H2,(H,22,27,28). The van der Waals surface area contributed by atoms with Gasteiger partial charge in [0.2, 0.25) is 0 Å². The predicted molar refractivity (Wildman–Crippen MR) is 105 cm³/mol. The van der Waals surface area contributed by atoms with Crippen LogP contribution in [-0.2, 0) is 0 Å². The Balaban J connectivity index is 1.91. The fourth-order valence-electron chi connectivity index (χ4n) is 3.28. The van der Waals surface area contributed by atoms with Crippen molar-refractivity contribution >= 4 is 29.1 Å². The van der Waals surface area contributed by atoms with E-state index >= 15 is 0 Å². The molecule has 3 N–H and O–H groups in total. The molecule has 0 saturated carbocycles. The van der Waals surface area contributed by atoms with E-state index in [1.54, 1.807) is 30.3 Å². The molecule has 2 heterocycles. The number of hydrogen-bond acceptors (Lipinski definition) is 7. The van der Waals surface area contributed by atoms with E-state index in [2.05, 4.69) is 0 Å². The van der Waals surface area contributed by atoms with Crippen molar-refractivity contribution in [1.29, 1.82) is 0 Å². The molecule has 30 heavy (non-hydrogen) atoms. The number of carbonyl (C=O) groups is 3. The SMILES string of the molecule is Nc1c2c(cc(=O)n1-c1ccc(C(=O)c3ccccc3)cc1[N+](=O)[O-])C(=O)NC2=O. The number of pyridine rings is 1. The molecule has 2 amide bonds. The smallest absolute Gasteiger partial charge is 0.294 e. The Morgan fingerprint density at radius 1 is 0.967 bits per heavy atom. The molecule has 10 heteroatoms. The number of nitrogen functional groups attached to an aromatic ring is 1. The lowest BCUT2D eigenvalue weighted by atomic mass is 10.0. The molecule has 0 atom stereocenters. The van der Waals surface area contributed by atoms with Crippen molar-refractivity contribution in [2.45, 2.75) is 0 Å². The summed E-state index contributed by atoms with van der Waals surface area (Å²) in [4.78, 5) is 59.9. The van der Waals surface area contributed by atoms with Crippen LogP contribution in [0.3, 0.4) is 0 Å². The van der Waals surface area contributed by atoms with Gasteiger partial charge in [0.05, 0.1) is 16.1 Å². The van der Waals surface area contributed by atoms with Crippen LogP contribution in [0, 0.1) is 10.1 Å². The van der Waals surface area contributed by atoms with E-state index in [0.717, 1.165) is 16.7 Å². The van der Waals surface area contributed by atoms with Crippen LogP contribution in [0.4, 0.5) is 11.5 Å². The molecule has 0 spiro atoms. The molecule has 0 aliphatic carbocycles. The zero-order valence-corrected chi connectivity index (χ0v) is 15.1. The van der Waals surface area contributed by atoms with Crippen molar-refractivity contribution < 1.29 is 19.3 Å². The van der Waals surface area contributed by atoms with Crippen molar-refractivity contribution in [3.05, 3.63) is 97.3 Å². The quantitative estimate of drug-likeness (QED) is 0.288. The Hall–Kier alpha value is -4.60.